The van der Waals surface area contributed by atoms with E-state index in [2.05, 4.69) is 11.9 Å². The molecule has 2 aliphatic rings. The number of likely N-dealkylation sites (tertiary alicyclic amines) is 1. The number of hydrogen-bond acceptors (Lipinski definition) is 2. The van der Waals surface area contributed by atoms with Crippen LogP contribution in [-0.2, 0) is 4.79 Å². The van der Waals surface area contributed by atoms with Crippen molar-refractivity contribution in [3.8, 4) is 0 Å². The summed E-state index contributed by atoms with van der Waals surface area (Å²) in [6.07, 6.45) is 11.2. The molecule has 1 N–H and O–H groups in total. The second-order valence-corrected chi connectivity index (χ2v) is 7.48. The number of piperidine rings is 1. The maximum Gasteiger partial charge on any atom is 0.255 e. The van der Waals surface area contributed by atoms with Crippen LogP contribution in [-0.4, -0.2) is 29.8 Å². The Bertz CT molecular complexity index is 645. The minimum atomic E-state index is -0.292. The molecular formula is C21H28N2O2. The van der Waals surface area contributed by atoms with E-state index in [9.17, 15) is 9.59 Å². The number of amides is 2. The molecule has 1 saturated carbocycles. The third kappa shape index (κ3) is 4.12. The predicted octanol–water partition coefficient (Wildman–Crippen LogP) is 4.39. The van der Waals surface area contributed by atoms with Gasteiger partial charge in [-0.05, 0) is 49.3 Å². The van der Waals surface area contributed by atoms with Gasteiger partial charge in [0.1, 0.15) is 0 Å². The minimum Gasteiger partial charge on any atom is -0.338 e. The number of para-hydroxylation sites is 1. The molecule has 1 aliphatic heterocycles. The van der Waals surface area contributed by atoms with Gasteiger partial charge in [-0.25, -0.2) is 0 Å². The predicted molar refractivity (Wildman–Crippen MR) is 101 cm³/mol. The molecular weight excluding hydrogens is 312 g/mol. The van der Waals surface area contributed by atoms with Crippen molar-refractivity contribution in [3.63, 3.8) is 0 Å². The molecule has 2 amide bonds. The van der Waals surface area contributed by atoms with Crippen molar-refractivity contribution in [1.82, 2.24) is 4.90 Å². The summed E-state index contributed by atoms with van der Waals surface area (Å²) in [7, 11) is 0. The van der Waals surface area contributed by atoms with Crippen molar-refractivity contribution in [1.29, 1.82) is 0 Å². The van der Waals surface area contributed by atoms with Crippen molar-refractivity contribution >= 4 is 17.5 Å². The number of benzene rings is 1. The van der Waals surface area contributed by atoms with Crippen LogP contribution in [0.4, 0.5) is 5.69 Å². The third-order valence-electron chi connectivity index (χ3n) is 5.71. The molecule has 3 rings (SSSR count). The summed E-state index contributed by atoms with van der Waals surface area (Å²) in [5.41, 5.74) is 1.45. The van der Waals surface area contributed by atoms with Gasteiger partial charge in [-0.1, -0.05) is 44.4 Å². The highest BCUT2D eigenvalue weighted by molar-refractivity contribution is 6.06. The standard InChI is InChI=1S/C21H28N2O2/c1-2-19(24)22-18-11-6-5-10-17(18)20(25)23-15-9-14-21(16-23)12-7-3-4-8-13-21/h2,5-6,10-11H,1,3-4,7-9,12-16H2,(H,22,24). The molecule has 1 aromatic rings. The van der Waals surface area contributed by atoms with Crippen molar-refractivity contribution in [2.24, 2.45) is 5.41 Å². The Hall–Kier alpha value is -2.10. The van der Waals surface area contributed by atoms with E-state index in [4.69, 9.17) is 0 Å². The molecule has 134 valence electrons. The van der Waals surface area contributed by atoms with Gasteiger partial charge in [0, 0.05) is 13.1 Å². The van der Waals surface area contributed by atoms with Gasteiger partial charge in [0.25, 0.3) is 5.91 Å². The third-order valence-corrected chi connectivity index (χ3v) is 5.71. The first-order valence-corrected chi connectivity index (χ1v) is 9.45. The van der Waals surface area contributed by atoms with Crippen LogP contribution in [0.5, 0.6) is 0 Å². The van der Waals surface area contributed by atoms with Crippen molar-refractivity contribution < 1.29 is 9.59 Å². The molecule has 0 atom stereocenters. The van der Waals surface area contributed by atoms with Crippen LogP contribution in [0.2, 0.25) is 0 Å². The van der Waals surface area contributed by atoms with E-state index in [0.717, 1.165) is 19.5 Å². The Kier molecular flexibility index (Phi) is 5.57. The number of carbonyl (C=O) groups excluding carboxylic acids is 2. The first-order valence-electron chi connectivity index (χ1n) is 9.45. The summed E-state index contributed by atoms with van der Waals surface area (Å²) in [6.45, 7) is 5.15. The zero-order valence-corrected chi connectivity index (χ0v) is 14.9. The van der Waals surface area contributed by atoms with Crippen molar-refractivity contribution in [2.75, 3.05) is 18.4 Å². The summed E-state index contributed by atoms with van der Waals surface area (Å²) < 4.78 is 0. The molecule has 1 spiro atoms. The maximum atomic E-state index is 13.2. The largest absolute Gasteiger partial charge is 0.338 e. The monoisotopic (exact) mass is 340 g/mol. The van der Waals surface area contributed by atoms with Crippen LogP contribution >= 0.6 is 0 Å². The molecule has 4 nitrogen and oxygen atoms in total. The van der Waals surface area contributed by atoms with E-state index < -0.39 is 0 Å². The molecule has 1 aromatic carbocycles. The summed E-state index contributed by atoms with van der Waals surface area (Å²) in [6, 6.07) is 7.26. The van der Waals surface area contributed by atoms with Gasteiger partial charge < -0.3 is 10.2 Å². The van der Waals surface area contributed by atoms with E-state index in [1.54, 1.807) is 12.1 Å². The van der Waals surface area contributed by atoms with Crippen LogP contribution in [0, 0.1) is 5.41 Å². The average molecular weight is 340 g/mol. The lowest BCUT2D eigenvalue weighted by molar-refractivity contribution is -0.111. The zero-order chi connectivity index (χ0) is 17.7. The SMILES string of the molecule is C=CC(=O)Nc1ccccc1C(=O)N1CCCC2(CCCCCC2)C1. The van der Waals surface area contributed by atoms with Crippen molar-refractivity contribution in [2.45, 2.75) is 51.4 Å². The highest BCUT2D eigenvalue weighted by Gasteiger charge is 2.37. The van der Waals surface area contributed by atoms with E-state index in [0.29, 0.717) is 16.7 Å². The average Bonchev–Trinajstić information content (AvgIpc) is 2.87. The van der Waals surface area contributed by atoms with Crippen LogP contribution in [0.1, 0.15) is 61.7 Å². The van der Waals surface area contributed by atoms with E-state index >= 15 is 0 Å². The van der Waals surface area contributed by atoms with Crippen molar-refractivity contribution in [3.05, 3.63) is 42.5 Å². The second-order valence-electron chi connectivity index (χ2n) is 7.48. The number of carbonyl (C=O) groups is 2. The van der Waals surface area contributed by atoms with Gasteiger partial charge in [0.15, 0.2) is 0 Å². The number of nitrogens with one attached hydrogen (secondary N) is 1. The number of anilines is 1. The molecule has 4 heteroatoms. The van der Waals surface area contributed by atoms with E-state index in [1.165, 1.54) is 51.0 Å². The smallest absolute Gasteiger partial charge is 0.255 e. The van der Waals surface area contributed by atoms with Crippen LogP contribution in [0.15, 0.2) is 36.9 Å². The Morgan fingerprint density at radius 1 is 1.04 bits per heavy atom. The van der Waals surface area contributed by atoms with Gasteiger partial charge in [-0.15, -0.1) is 0 Å². The normalized spacial score (nSPS) is 19.9. The highest BCUT2D eigenvalue weighted by atomic mass is 16.2. The fraction of sp³-hybridized carbons (Fsp3) is 0.524. The Morgan fingerprint density at radius 3 is 2.44 bits per heavy atom. The fourth-order valence-electron chi connectivity index (χ4n) is 4.40. The molecule has 1 saturated heterocycles. The molecule has 0 aromatic heterocycles. The fourth-order valence-corrected chi connectivity index (χ4v) is 4.40. The molecule has 0 bridgehead atoms. The Labute approximate surface area is 150 Å². The lowest BCUT2D eigenvalue weighted by Gasteiger charge is -2.43. The van der Waals surface area contributed by atoms with E-state index in [-0.39, 0.29) is 11.8 Å². The lowest BCUT2D eigenvalue weighted by Crippen LogP contribution is -2.46. The van der Waals surface area contributed by atoms with Gasteiger partial charge >= 0.3 is 0 Å². The number of hydrogen-bond donors (Lipinski definition) is 1. The Morgan fingerprint density at radius 2 is 1.72 bits per heavy atom. The maximum absolute atomic E-state index is 13.2. The van der Waals surface area contributed by atoms with Gasteiger partial charge in [0.05, 0.1) is 11.3 Å². The second kappa shape index (κ2) is 7.85. The molecule has 0 unspecified atom stereocenters. The molecule has 25 heavy (non-hydrogen) atoms. The first kappa shape index (κ1) is 17.7. The molecule has 1 aliphatic carbocycles. The highest BCUT2D eigenvalue weighted by Crippen LogP contribution is 2.42. The first-order chi connectivity index (χ1) is 12.1. The summed E-state index contributed by atoms with van der Waals surface area (Å²) in [5, 5.41) is 2.76. The Balaban J connectivity index is 1.78. The summed E-state index contributed by atoms with van der Waals surface area (Å²) in [5.74, 6) is -0.262. The minimum absolute atomic E-state index is 0.0308. The number of rotatable bonds is 3. The molecule has 0 radical (unpaired) electrons. The van der Waals surface area contributed by atoms with Crippen LogP contribution < -0.4 is 5.32 Å². The summed E-state index contributed by atoms with van der Waals surface area (Å²) in [4.78, 5) is 26.8. The quantitative estimate of drug-likeness (QED) is 0.830. The van der Waals surface area contributed by atoms with Crippen LogP contribution in [0.3, 0.4) is 0 Å². The molecule has 2 fully saturated rings. The van der Waals surface area contributed by atoms with Gasteiger partial charge in [-0.2, -0.15) is 0 Å². The van der Waals surface area contributed by atoms with E-state index in [1.807, 2.05) is 17.0 Å². The lowest BCUT2D eigenvalue weighted by atomic mass is 9.74. The zero-order valence-electron chi connectivity index (χ0n) is 14.9. The molecule has 1 heterocycles. The number of nitrogens with zero attached hydrogens (tertiary/aromatic N) is 1. The topological polar surface area (TPSA) is 49.4 Å². The van der Waals surface area contributed by atoms with Gasteiger partial charge in [0.2, 0.25) is 5.91 Å². The van der Waals surface area contributed by atoms with Gasteiger partial charge in [-0.3, -0.25) is 9.59 Å². The van der Waals surface area contributed by atoms with Crippen LogP contribution in [0.25, 0.3) is 0 Å². The summed E-state index contributed by atoms with van der Waals surface area (Å²) >= 11 is 0.